The van der Waals surface area contributed by atoms with Crippen LogP contribution in [0.15, 0.2) is 12.4 Å². The van der Waals surface area contributed by atoms with Crippen LogP contribution < -0.4 is 10.5 Å². The third kappa shape index (κ3) is 2.94. The van der Waals surface area contributed by atoms with Gasteiger partial charge in [0.1, 0.15) is 6.33 Å². The van der Waals surface area contributed by atoms with Crippen molar-refractivity contribution in [3.8, 4) is 5.88 Å². The number of nitrogens with zero attached hydrogens (tertiary/aromatic N) is 2. The molecular formula is C13H21N3O. The smallest absolute Gasteiger partial charge is 0.216 e. The van der Waals surface area contributed by atoms with Crippen molar-refractivity contribution in [1.29, 1.82) is 0 Å². The molecule has 2 N–H and O–H groups in total. The molecule has 0 bridgehead atoms. The average Bonchev–Trinajstić information content (AvgIpc) is 2.38. The predicted octanol–water partition coefficient (Wildman–Crippen LogP) is 2.31. The summed E-state index contributed by atoms with van der Waals surface area (Å²) in [6.45, 7) is 2.31. The number of aromatic nitrogens is 2. The van der Waals surface area contributed by atoms with E-state index in [-0.39, 0.29) is 6.04 Å². The van der Waals surface area contributed by atoms with Crippen LogP contribution in [0.1, 0.15) is 44.3 Å². The Kier molecular flexibility index (Phi) is 3.94. The fraction of sp³-hybridized carbons (Fsp3) is 0.692. The van der Waals surface area contributed by atoms with Gasteiger partial charge in [-0.3, -0.25) is 0 Å². The molecule has 4 nitrogen and oxygen atoms in total. The van der Waals surface area contributed by atoms with Crippen molar-refractivity contribution in [3.05, 3.63) is 18.1 Å². The van der Waals surface area contributed by atoms with Gasteiger partial charge in [0.15, 0.2) is 0 Å². The molecule has 1 aliphatic rings. The Balaban J connectivity index is 2.09. The van der Waals surface area contributed by atoms with Crippen molar-refractivity contribution >= 4 is 0 Å². The second-order valence-electron chi connectivity index (χ2n) is 5.04. The first kappa shape index (κ1) is 12.3. The molecule has 1 heterocycles. The number of hydrogen-bond acceptors (Lipinski definition) is 4. The van der Waals surface area contributed by atoms with E-state index >= 15 is 0 Å². The Labute approximate surface area is 103 Å². The highest BCUT2D eigenvalue weighted by atomic mass is 16.5. The number of nitrogens with two attached hydrogens (primary N) is 1. The van der Waals surface area contributed by atoms with E-state index in [1.54, 1.807) is 7.11 Å². The number of rotatable bonds is 3. The molecule has 3 unspecified atom stereocenters. The van der Waals surface area contributed by atoms with E-state index in [9.17, 15) is 0 Å². The standard InChI is InChI=1S/C13H21N3O/c1-9-4-3-5-10(6-9)13(14)11-7-12(17-2)16-8-15-11/h7-10,13H,3-6,14H2,1-2H3. The van der Waals surface area contributed by atoms with E-state index in [2.05, 4.69) is 16.9 Å². The Morgan fingerprint density at radius 3 is 2.94 bits per heavy atom. The fourth-order valence-corrected chi connectivity index (χ4v) is 2.70. The average molecular weight is 235 g/mol. The van der Waals surface area contributed by atoms with Crippen LogP contribution in [0.25, 0.3) is 0 Å². The minimum absolute atomic E-state index is 0.00894. The van der Waals surface area contributed by atoms with Crippen molar-refractivity contribution in [2.45, 2.75) is 38.6 Å². The molecule has 1 fully saturated rings. The third-order valence-electron chi connectivity index (χ3n) is 3.70. The Morgan fingerprint density at radius 2 is 2.24 bits per heavy atom. The van der Waals surface area contributed by atoms with Crippen LogP contribution >= 0.6 is 0 Å². The summed E-state index contributed by atoms with van der Waals surface area (Å²) in [4.78, 5) is 8.28. The summed E-state index contributed by atoms with van der Waals surface area (Å²) in [6.07, 6.45) is 6.55. The van der Waals surface area contributed by atoms with E-state index in [4.69, 9.17) is 10.5 Å². The summed E-state index contributed by atoms with van der Waals surface area (Å²) in [5.74, 6) is 1.91. The minimum Gasteiger partial charge on any atom is -0.481 e. The van der Waals surface area contributed by atoms with Gasteiger partial charge >= 0.3 is 0 Å². The molecule has 0 aliphatic heterocycles. The Morgan fingerprint density at radius 1 is 1.41 bits per heavy atom. The van der Waals surface area contributed by atoms with Crippen molar-refractivity contribution in [3.63, 3.8) is 0 Å². The first-order chi connectivity index (χ1) is 8.20. The summed E-state index contributed by atoms with van der Waals surface area (Å²) in [6, 6.07) is 1.86. The van der Waals surface area contributed by atoms with Crippen LogP contribution in [0.3, 0.4) is 0 Å². The maximum Gasteiger partial charge on any atom is 0.216 e. The molecule has 0 spiro atoms. The van der Waals surface area contributed by atoms with Gasteiger partial charge < -0.3 is 10.5 Å². The van der Waals surface area contributed by atoms with Crippen LogP contribution in [0.5, 0.6) is 5.88 Å². The van der Waals surface area contributed by atoms with Crippen LogP contribution in [0.2, 0.25) is 0 Å². The summed E-state index contributed by atoms with van der Waals surface area (Å²) in [5, 5.41) is 0. The van der Waals surface area contributed by atoms with Crippen molar-refractivity contribution in [2.75, 3.05) is 7.11 Å². The molecular weight excluding hydrogens is 214 g/mol. The first-order valence-corrected chi connectivity index (χ1v) is 6.32. The van der Waals surface area contributed by atoms with Crippen molar-refractivity contribution < 1.29 is 4.74 Å². The molecule has 4 heteroatoms. The number of methoxy groups -OCH3 is 1. The zero-order chi connectivity index (χ0) is 12.3. The summed E-state index contributed by atoms with van der Waals surface area (Å²) >= 11 is 0. The maximum atomic E-state index is 6.31. The lowest BCUT2D eigenvalue weighted by Crippen LogP contribution is -2.27. The molecule has 1 saturated carbocycles. The third-order valence-corrected chi connectivity index (χ3v) is 3.70. The highest BCUT2D eigenvalue weighted by molar-refractivity contribution is 5.17. The zero-order valence-corrected chi connectivity index (χ0v) is 10.6. The SMILES string of the molecule is COc1cc(C(N)C2CCCC(C)C2)ncn1. The van der Waals surface area contributed by atoms with Gasteiger partial charge in [-0.2, -0.15) is 0 Å². The van der Waals surface area contributed by atoms with E-state index in [0.717, 1.165) is 11.6 Å². The lowest BCUT2D eigenvalue weighted by atomic mass is 9.78. The molecule has 0 radical (unpaired) electrons. The molecule has 94 valence electrons. The van der Waals surface area contributed by atoms with Gasteiger partial charge in [0.2, 0.25) is 5.88 Å². The van der Waals surface area contributed by atoms with Gasteiger partial charge in [-0.1, -0.05) is 19.8 Å². The van der Waals surface area contributed by atoms with E-state index in [1.807, 2.05) is 6.07 Å². The minimum atomic E-state index is 0.00894. The van der Waals surface area contributed by atoms with Gasteiger partial charge in [0, 0.05) is 6.07 Å². The van der Waals surface area contributed by atoms with Crippen molar-refractivity contribution in [2.24, 2.45) is 17.6 Å². The molecule has 3 atom stereocenters. The molecule has 2 rings (SSSR count). The number of hydrogen-bond donors (Lipinski definition) is 1. The van der Waals surface area contributed by atoms with Crippen LogP contribution in [-0.4, -0.2) is 17.1 Å². The highest BCUT2D eigenvalue weighted by Crippen LogP contribution is 2.35. The molecule has 1 aromatic rings. The van der Waals surface area contributed by atoms with Crippen LogP contribution in [0, 0.1) is 11.8 Å². The Hall–Kier alpha value is -1.16. The molecule has 17 heavy (non-hydrogen) atoms. The summed E-state index contributed by atoms with van der Waals surface area (Å²) in [5.41, 5.74) is 7.21. The van der Waals surface area contributed by atoms with E-state index in [1.165, 1.54) is 32.0 Å². The second-order valence-corrected chi connectivity index (χ2v) is 5.04. The maximum absolute atomic E-state index is 6.31. The second kappa shape index (κ2) is 5.45. The van der Waals surface area contributed by atoms with E-state index in [0.29, 0.717) is 11.8 Å². The molecule has 1 aliphatic carbocycles. The predicted molar refractivity (Wildman–Crippen MR) is 66.6 cm³/mol. The van der Waals surface area contributed by atoms with Gasteiger partial charge in [0.25, 0.3) is 0 Å². The lowest BCUT2D eigenvalue weighted by Gasteiger charge is -2.30. The molecule has 0 amide bonds. The molecule has 0 saturated heterocycles. The first-order valence-electron chi connectivity index (χ1n) is 6.32. The Bertz CT molecular complexity index is 369. The monoisotopic (exact) mass is 235 g/mol. The topological polar surface area (TPSA) is 61.0 Å². The van der Waals surface area contributed by atoms with Gasteiger partial charge in [-0.25, -0.2) is 9.97 Å². The summed E-state index contributed by atoms with van der Waals surface area (Å²) in [7, 11) is 1.61. The van der Waals surface area contributed by atoms with Gasteiger partial charge in [0.05, 0.1) is 18.8 Å². The van der Waals surface area contributed by atoms with Crippen LogP contribution in [-0.2, 0) is 0 Å². The van der Waals surface area contributed by atoms with Crippen molar-refractivity contribution in [1.82, 2.24) is 9.97 Å². The quantitative estimate of drug-likeness (QED) is 0.873. The molecule has 1 aromatic heterocycles. The largest absolute Gasteiger partial charge is 0.481 e. The fourth-order valence-electron chi connectivity index (χ4n) is 2.70. The summed E-state index contributed by atoms with van der Waals surface area (Å²) < 4.78 is 5.11. The number of ether oxygens (including phenoxy) is 1. The lowest BCUT2D eigenvalue weighted by molar-refractivity contribution is 0.245. The zero-order valence-electron chi connectivity index (χ0n) is 10.6. The molecule has 0 aromatic carbocycles. The van der Waals surface area contributed by atoms with E-state index < -0.39 is 0 Å². The van der Waals surface area contributed by atoms with Gasteiger partial charge in [-0.15, -0.1) is 0 Å². The normalized spacial score (nSPS) is 26.5. The highest BCUT2D eigenvalue weighted by Gasteiger charge is 2.26. The van der Waals surface area contributed by atoms with Crippen LogP contribution in [0.4, 0.5) is 0 Å². The van der Waals surface area contributed by atoms with Gasteiger partial charge in [-0.05, 0) is 24.7 Å².